The van der Waals surface area contributed by atoms with Gasteiger partial charge in [0, 0.05) is 19.5 Å². The molecule has 0 aromatic heterocycles. The average molecular weight is 1650 g/mol. The first-order valence-corrected chi connectivity index (χ1v) is 42.8. The van der Waals surface area contributed by atoms with Crippen molar-refractivity contribution in [1.82, 2.24) is 85.1 Å². The Kier molecular flexibility index (Phi) is 44.4. The van der Waals surface area contributed by atoms with Gasteiger partial charge in [0.05, 0.1) is 12.2 Å². The van der Waals surface area contributed by atoms with Gasteiger partial charge in [-0.05, 0) is 115 Å². The molecule has 108 heavy (non-hydrogen) atoms. The predicted octanol–water partition coefficient (Wildman–Crippen LogP) is -7.81. The molecule has 14 unspecified atom stereocenters. The van der Waals surface area contributed by atoms with Gasteiger partial charge in [0.25, 0.3) is 50.6 Å². The van der Waals surface area contributed by atoms with Crippen LogP contribution in [-0.4, -0.2) is 281 Å². The van der Waals surface area contributed by atoms with E-state index in [9.17, 15) is 123 Å². The highest BCUT2D eigenvalue weighted by molar-refractivity contribution is 7.86. The summed E-state index contributed by atoms with van der Waals surface area (Å²) < 4.78 is 164. The largest absolute Gasteiger partial charge is 0.391 e. The van der Waals surface area contributed by atoms with Crippen LogP contribution in [0.3, 0.4) is 0 Å². The van der Waals surface area contributed by atoms with Gasteiger partial charge in [0.2, 0.25) is 65.0 Å². The van der Waals surface area contributed by atoms with E-state index < -0.39 is 294 Å². The van der Waals surface area contributed by atoms with E-state index in [0.717, 1.165) is 26.7 Å². The summed E-state index contributed by atoms with van der Waals surface area (Å²) >= 11 is 0. The third kappa shape index (κ3) is 44.3. The van der Waals surface area contributed by atoms with Crippen molar-refractivity contribution in [3.05, 3.63) is 0 Å². The van der Waals surface area contributed by atoms with Crippen LogP contribution in [0.5, 0.6) is 0 Å². The third-order valence-electron chi connectivity index (χ3n) is 16.2. The molecule has 23 N–H and O–H groups in total. The monoisotopic (exact) mass is 1650 g/mol. The minimum Gasteiger partial charge on any atom is -0.391 e. The zero-order chi connectivity index (χ0) is 82.7. The topological polar surface area (TPSA) is 693 Å². The Labute approximate surface area is 629 Å². The van der Waals surface area contributed by atoms with E-state index in [1.54, 1.807) is 27.7 Å². The molecule has 1 fully saturated rings. The Balaban J connectivity index is 4.39. The molecule has 0 aromatic carbocycles. The number of rotatable bonds is 44. The molecule has 49 heteroatoms. The first kappa shape index (κ1) is 99.4. The fraction of sp³-hybridized carbons (Fsp3) is 0.814. The molecular formula is C59H112N16O28S5. The SMILES string of the molecule is CCC(C)CCCCC(=O)NC(CCNCS(=O)(=O)O)C(=O)NC(C(=O)NC(C(=O)NC1CCNC(=O)C(C(C)O)NC(=O)C(CCNCS(=O)(=O)O)NC(=O)C(CCNCS(=O)(=O)O)NC(=O)C(CC(C)C)NC(=O)C(CC(C)C)NC(=O)C(CCNCS(=O)(=O)O)NC1=O)C(C)CNCS(=O)(=O)O)C(C)O. The fourth-order valence-corrected chi connectivity index (χ4v) is 12.4. The molecule has 1 heterocycles. The Morgan fingerprint density at radius 1 is 0.454 bits per heavy atom. The Morgan fingerprint density at radius 3 is 1.25 bits per heavy atom. The van der Waals surface area contributed by atoms with Crippen LogP contribution in [0.4, 0.5) is 0 Å². The predicted molar refractivity (Wildman–Crippen MR) is 387 cm³/mol. The van der Waals surface area contributed by atoms with E-state index in [2.05, 4.69) is 85.1 Å². The molecule has 0 aromatic rings. The van der Waals surface area contributed by atoms with Crippen molar-refractivity contribution >= 4 is 116 Å². The maximum Gasteiger partial charge on any atom is 0.278 e. The summed E-state index contributed by atoms with van der Waals surface area (Å²) in [6.07, 6.45) is -4.57. The summed E-state index contributed by atoms with van der Waals surface area (Å²) in [6.45, 7) is 10.4. The normalized spacial score (nSPS) is 21.7. The number of nitrogens with one attached hydrogen (secondary N) is 16. The maximum atomic E-state index is 15.0. The first-order valence-electron chi connectivity index (χ1n) is 34.8. The molecule has 14 atom stereocenters. The van der Waals surface area contributed by atoms with Crippen molar-refractivity contribution < 1.29 is 128 Å². The van der Waals surface area contributed by atoms with Crippen molar-refractivity contribution in [2.75, 3.05) is 68.7 Å². The van der Waals surface area contributed by atoms with Crippen LogP contribution in [0.2, 0.25) is 0 Å². The minimum absolute atomic E-state index is 0.0868. The van der Waals surface area contributed by atoms with Gasteiger partial charge >= 0.3 is 0 Å². The molecule has 0 radical (unpaired) electrons. The molecule has 44 nitrogen and oxygen atoms in total. The molecule has 0 bridgehead atoms. The number of amides is 11. The molecular weight excluding hydrogens is 1540 g/mol. The summed E-state index contributed by atoms with van der Waals surface area (Å²) in [6, 6.07) is -18.6. The van der Waals surface area contributed by atoms with Gasteiger partial charge in [-0.15, -0.1) is 0 Å². The maximum absolute atomic E-state index is 15.0. The van der Waals surface area contributed by atoms with Crippen molar-refractivity contribution in [2.24, 2.45) is 23.7 Å². The van der Waals surface area contributed by atoms with Gasteiger partial charge in [0.15, 0.2) is 0 Å². The number of aliphatic hydroxyl groups is 2. The van der Waals surface area contributed by atoms with Crippen molar-refractivity contribution in [2.45, 2.75) is 212 Å². The molecule has 0 spiro atoms. The highest BCUT2D eigenvalue weighted by Gasteiger charge is 2.39. The smallest absolute Gasteiger partial charge is 0.278 e. The number of aliphatic hydroxyl groups excluding tert-OH is 2. The standard InChI is InChI=1S/C59H112N16O28S5/c1-10-35(6)13-11-12-14-46(78)66-39(15-20-60-28-104(89,90)91)53(82)75-49(38(9)77)59(88)73-47(36(7)27-64-32-108(101,102)103)58(87)70-43-19-24-65-57(86)48(37(8)76)74-54(83)42(18-23-63-31-107(98,99)100)68-50(79)40(16-21-61-29-105(92,93)94)69-55(84)44(25-33(2)3)72-56(85)45(26-34(4)5)71-52(81)41(67-51(43)80)17-22-62-30-106(95,96)97/h33-45,47-49,60-64,76-77H,10-32H2,1-9H3,(H,65,86)(H,66,78)(H,67,80)(H,68,79)(H,69,84)(H,70,87)(H,71,81)(H,72,85)(H,73,88)(H,74,83)(H,75,82)(H,89,90,91)(H,92,93,94)(H,95,96,97)(H,98,99,100)(H,101,102,103). The minimum atomic E-state index is -4.80. The van der Waals surface area contributed by atoms with Crippen LogP contribution < -0.4 is 85.1 Å². The van der Waals surface area contributed by atoms with Crippen molar-refractivity contribution in [3.8, 4) is 0 Å². The number of hydrogen-bond donors (Lipinski definition) is 23. The lowest BCUT2D eigenvalue weighted by Crippen LogP contribution is -2.63. The highest BCUT2D eigenvalue weighted by atomic mass is 32.2. The first-order chi connectivity index (χ1) is 49.8. The summed E-state index contributed by atoms with van der Waals surface area (Å²) in [5.74, 6) is -20.5. The van der Waals surface area contributed by atoms with Crippen LogP contribution >= 0.6 is 0 Å². The van der Waals surface area contributed by atoms with E-state index in [1.807, 2.05) is 13.8 Å². The van der Waals surface area contributed by atoms with Gasteiger partial charge < -0.3 is 95.3 Å². The Morgan fingerprint density at radius 2 is 0.843 bits per heavy atom. The van der Waals surface area contributed by atoms with Gasteiger partial charge in [-0.2, -0.15) is 42.1 Å². The Bertz CT molecular complexity index is 3560. The number of carbonyl (C=O) groups is 11. The molecule has 1 aliphatic heterocycles. The summed E-state index contributed by atoms with van der Waals surface area (Å²) in [7, 11) is -23.5. The van der Waals surface area contributed by atoms with Crippen LogP contribution in [0, 0.1) is 23.7 Å². The third-order valence-corrected chi connectivity index (χ3v) is 19.1. The van der Waals surface area contributed by atoms with E-state index in [1.165, 1.54) is 6.92 Å². The summed E-state index contributed by atoms with van der Waals surface area (Å²) in [5.41, 5.74) is 0. The second-order valence-corrected chi connectivity index (χ2v) is 34.5. The van der Waals surface area contributed by atoms with Gasteiger partial charge in [-0.1, -0.05) is 67.7 Å². The van der Waals surface area contributed by atoms with E-state index in [4.69, 9.17) is 0 Å². The molecule has 626 valence electrons. The fourth-order valence-electron chi connectivity index (χ4n) is 10.4. The zero-order valence-electron chi connectivity index (χ0n) is 61.7. The van der Waals surface area contributed by atoms with E-state index in [0.29, 0.717) is 18.8 Å². The van der Waals surface area contributed by atoms with Crippen LogP contribution in [0.25, 0.3) is 0 Å². The highest BCUT2D eigenvalue weighted by Crippen LogP contribution is 2.15. The summed E-state index contributed by atoms with van der Waals surface area (Å²) in [5, 5.41) is 60.0. The Hall–Kier alpha value is -6.56. The lowest BCUT2D eigenvalue weighted by Gasteiger charge is -2.31. The van der Waals surface area contributed by atoms with Crippen molar-refractivity contribution in [1.29, 1.82) is 0 Å². The quantitative estimate of drug-likeness (QED) is 0.0199. The lowest BCUT2D eigenvalue weighted by molar-refractivity contribution is -0.137. The van der Waals surface area contributed by atoms with Crippen LogP contribution in [-0.2, 0) is 103 Å². The van der Waals surface area contributed by atoms with Crippen LogP contribution in [0.1, 0.15) is 139 Å². The number of hydrogen-bond acceptors (Lipinski definition) is 28. The second-order valence-electron chi connectivity index (χ2n) is 27.2. The molecule has 1 rings (SSSR count). The molecule has 11 amide bonds. The van der Waals surface area contributed by atoms with E-state index >= 15 is 4.79 Å². The van der Waals surface area contributed by atoms with Gasteiger partial charge in [-0.3, -0.25) is 75.5 Å². The lowest BCUT2D eigenvalue weighted by atomic mass is 9.98. The average Bonchev–Trinajstić information content (AvgIpc) is 0.920. The van der Waals surface area contributed by atoms with Crippen molar-refractivity contribution in [3.63, 3.8) is 0 Å². The van der Waals surface area contributed by atoms with Crippen LogP contribution in [0.15, 0.2) is 0 Å². The second kappa shape index (κ2) is 48.3. The molecule has 1 aliphatic rings. The number of unbranched alkanes of at least 4 members (excludes halogenated alkanes) is 1. The molecule has 1 saturated heterocycles. The molecule has 0 aliphatic carbocycles. The van der Waals surface area contributed by atoms with Gasteiger partial charge in [0.1, 0.15) is 89.8 Å². The van der Waals surface area contributed by atoms with Gasteiger partial charge in [-0.25, -0.2) is 0 Å². The summed E-state index contributed by atoms with van der Waals surface area (Å²) in [4.78, 5) is 159. The molecule has 0 saturated carbocycles. The number of carbonyl (C=O) groups excluding carboxylic acids is 11. The zero-order valence-corrected chi connectivity index (χ0v) is 65.8. The van der Waals surface area contributed by atoms with E-state index in [-0.39, 0.29) is 32.2 Å².